The highest BCUT2D eigenvalue weighted by Crippen LogP contribution is 1.95. The molecule has 8 heteroatoms. The standard InChI is InChI=1S/C10H15N5O3/c11-8(15-18)3-1-2-6-12-10(17)7-4-5-9(16)14-13-7/h4-5,18H,1-3,6H2,(H2,11,15)(H,12,17)(H,14,16). The van der Waals surface area contributed by atoms with Gasteiger partial charge in [0.2, 0.25) is 0 Å². The molecule has 0 aliphatic carbocycles. The smallest absolute Gasteiger partial charge is 0.271 e. The highest BCUT2D eigenvalue weighted by molar-refractivity contribution is 5.91. The van der Waals surface area contributed by atoms with Gasteiger partial charge in [0.25, 0.3) is 11.5 Å². The molecule has 0 saturated carbocycles. The zero-order valence-electron chi connectivity index (χ0n) is 9.72. The van der Waals surface area contributed by atoms with Crippen molar-refractivity contribution in [1.29, 1.82) is 0 Å². The van der Waals surface area contributed by atoms with E-state index in [1.165, 1.54) is 12.1 Å². The van der Waals surface area contributed by atoms with Crippen molar-refractivity contribution in [2.45, 2.75) is 19.3 Å². The van der Waals surface area contributed by atoms with Crippen molar-refractivity contribution < 1.29 is 10.0 Å². The van der Waals surface area contributed by atoms with Crippen LogP contribution in [0.1, 0.15) is 29.8 Å². The minimum atomic E-state index is -0.356. The fourth-order valence-corrected chi connectivity index (χ4v) is 1.24. The third-order valence-electron chi connectivity index (χ3n) is 2.19. The third-order valence-corrected chi connectivity index (χ3v) is 2.19. The first-order valence-corrected chi connectivity index (χ1v) is 5.44. The Morgan fingerprint density at radius 2 is 2.28 bits per heavy atom. The van der Waals surface area contributed by atoms with E-state index in [2.05, 4.69) is 20.7 Å². The fourth-order valence-electron chi connectivity index (χ4n) is 1.24. The molecular formula is C10H15N5O3. The maximum atomic E-state index is 11.5. The van der Waals surface area contributed by atoms with Crippen molar-refractivity contribution in [3.63, 3.8) is 0 Å². The van der Waals surface area contributed by atoms with Gasteiger partial charge in [0.1, 0.15) is 11.5 Å². The molecule has 0 aliphatic heterocycles. The lowest BCUT2D eigenvalue weighted by molar-refractivity contribution is 0.0947. The van der Waals surface area contributed by atoms with E-state index in [1.54, 1.807) is 0 Å². The second-order valence-corrected chi connectivity index (χ2v) is 3.61. The van der Waals surface area contributed by atoms with Crippen molar-refractivity contribution in [1.82, 2.24) is 15.5 Å². The van der Waals surface area contributed by atoms with E-state index in [0.717, 1.165) is 0 Å². The number of amidine groups is 1. The average molecular weight is 253 g/mol. The first-order chi connectivity index (χ1) is 8.63. The lowest BCUT2D eigenvalue weighted by atomic mass is 10.2. The number of hydrogen-bond donors (Lipinski definition) is 4. The van der Waals surface area contributed by atoms with E-state index in [1.807, 2.05) is 0 Å². The van der Waals surface area contributed by atoms with E-state index < -0.39 is 0 Å². The molecule has 1 aromatic rings. The van der Waals surface area contributed by atoms with Gasteiger partial charge in [-0.25, -0.2) is 5.10 Å². The number of unbranched alkanes of at least 4 members (excludes halogenated alkanes) is 1. The number of H-pyrrole nitrogens is 1. The molecule has 18 heavy (non-hydrogen) atoms. The fraction of sp³-hybridized carbons (Fsp3) is 0.400. The van der Waals surface area contributed by atoms with E-state index in [9.17, 15) is 9.59 Å². The number of hydrogen-bond acceptors (Lipinski definition) is 5. The van der Waals surface area contributed by atoms with Crippen LogP contribution in [0.15, 0.2) is 22.1 Å². The first kappa shape index (κ1) is 13.7. The number of rotatable bonds is 6. The van der Waals surface area contributed by atoms with Crippen molar-refractivity contribution in [2.75, 3.05) is 6.54 Å². The Kier molecular flexibility index (Phi) is 5.36. The number of carbonyl (C=O) groups is 1. The number of nitrogens with zero attached hydrogens (tertiary/aromatic N) is 2. The van der Waals surface area contributed by atoms with Crippen LogP contribution in [0.4, 0.5) is 0 Å². The summed E-state index contributed by atoms with van der Waals surface area (Å²) in [4.78, 5) is 22.3. The van der Waals surface area contributed by atoms with Crippen molar-refractivity contribution >= 4 is 11.7 Å². The number of amides is 1. The summed E-state index contributed by atoms with van der Waals surface area (Å²) >= 11 is 0. The number of carbonyl (C=O) groups excluding carboxylic acids is 1. The summed E-state index contributed by atoms with van der Waals surface area (Å²) in [7, 11) is 0. The summed E-state index contributed by atoms with van der Waals surface area (Å²) < 4.78 is 0. The van der Waals surface area contributed by atoms with Crippen LogP contribution < -0.4 is 16.6 Å². The van der Waals surface area contributed by atoms with Crippen LogP contribution in [0.5, 0.6) is 0 Å². The monoisotopic (exact) mass is 253 g/mol. The molecular weight excluding hydrogens is 238 g/mol. The molecule has 0 aromatic carbocycles. The van der Waals surface area contributed by atoms with Gasteiger partial charge in [-0.05, 0) is 18.9 Å². The van der Waals surface area contributed by atoms with Crippen molar-refractivity contribution in [3.8, 4) is 0 Å². The highest BCUT2D eigenvalue weighted by Gasteiger charge is 2.05. The molecule has 1 rings (SSSR count). The van der Waals surface area contributed by atoms with Gasteiger partial charge in [0, 0.05) is 19.0 Å². The van der Waals surface area contributed by atoms with Crippen LogP contribution in [0.3, 0.4) is 0 Å². The molecule has 0 saturated heterocycles. The van der Waals surface area contributed by atoms with Crippen LogP contribution in [0, 0.1) is 0 Å². The Morgan fingerprint density at radius 3 is 2.89 bits per heavy atom. The van der Waals surface area contributed by atoms with E-state index in [0.29, 0.717) is 25.8 Å². The largest absolute Gasteiger partial charge is 0.409 e. The van der Waals surface area contributed by atoms with Gasteiger partial charge >= 0.3 is 0 Å². The van der Waals surface area contributed by atoms with Gasteiger partial charge in [0.05, 0.1) is 0 Å². The molecule has 0 aliphatic rings. The molecule has 0 spiro atoms. The summed E-state index contributed by atoms with van der Waals surface area (Å²) in [5.74, 6) is -0.182. The molecule has 1 aromatic heterocycles. The highest BCUT2D eigenvalue weighted by atomic mass is 16.4. The van der Waals surface area contributed by atoms with Gasteiger partial charge < -0.3 is 16.3 Å². The lowest BCUT2D eigenvalue weighted by Gasteiger charge is -2.03. The molecule has 0 radical (unpaired) electrons. The topological polar surface area (TPSA) is 133 Å². The maximum Gasteiger partial charge on any atom is 0.271 e. The minimum Gasteiger partial charge on any atom is -0.409 e. The number of aromatic nitrogens is 2. The van der Waals surface area contributed by atoms with Crippen LogP contribution in [-0.2, 0) is 0 Å². The predicted molar refractivity (Wildman–Crippen MR) is 64.5 cm³/mol. The molecule has 0 atom stereocenters. The summed E-state index contributed by atoms with van der Waals surface area (Å²) in [5.41, 5.74) is 5.09. The van der Waals surface area contributed by atoms with Crippen LogP contribution in [0.25, 0.3) is 0 Å². The van der Waals surface area contributed by atoms with Crippen LogP contribution >= 0.6 is 0 Å². The molecule has 5 N–H and O–H groups in total. The SMILES string of the molecule is N/C(CCCCNC(=O)c1ccc(=O)[nH]n1)=N/O. The Balaban J connectivity index is 2.25. The Labute approximate surface area is 103 Å². The van der Waals surface area contributed by atoms with Gasteiger partial charge in [-0.1, -0.05) is 5.16 Å². The summed E-state index contributed by atoms with van der Waals surface area (Å²) in [6.07, 6.45) is 1.88. The van der Waals surface area contributed by atoms with Gasteiger partial charge in [-0.15, -0.1) is 0 Å². The van der Waals surface area contributed by atoms with Crippen molar-refractivity contribution in [3.05, 3.63) is 28.2 Å². The Bertz CT molecular complexity index is 462. The number of oxime groups is 1. The van der Waals surface area contributed by atoms with Gasteiger partial charge in [-0.2, -0.15) is 5.10 Å². The minimum absolute atomic E-state index is 0.158. The van der Waals surface area contributed by atoms with E-state index in [-0.39, 0.29) is 23.0 Å². The van der Waals surface area contributed by atoms with E-state index >= 15 is 0 Å². The Morgan fingerprint density at radius 1 is 1.50 bits per heavy atom. The average Bonchev–Trinajstić information content (AvgIpc) is 2.38. The maximum absolute atomic E-state index is 11.5. The normalized spacial score (nSPS) is 11.2. The lowest BCUT2D eigenvalue weighted by Crippen LogP contribution is -2.26. The first-order valence-electron chi connectivity index (χ1n) is 5.44. The zero-order chi connectivity index (χ0) is 13.4. The molecule has 98 valence electrons. The van der Waals surface area contributed by atoms with Crippen molar-refractivity contribution in [2.24, 2.45) is 10.9 Å². The molecule has 1 amide bonds. The Hall–Kier alpha value is -2.38. The van der Waals surface area contributed by atoms with Gasteiger partial charge in [-0.3, -0.25) is 9.59 Å². The van der Waals surface area contributed by atoms with Crippen LogP contribution in [-0.4, -0.2) is 33.7 Å². The second-order valence-electron chi connectivity index (χ2n) is 3.61. The molecule has 8 nitrogen and oxygen atoms in total. The molecule has 1 heterocycles. The zero-order valence-corrected chi connectivity index (χ0v) is 9.72. The molecule has 0 fully saturated rings. The number of aromatic amines is 1. The summed E-state index contributed by atoms with van der Waals surface area (Å²) in [6.45, 7) is 0.457. The predicted octanol–water partition coefficient (Wildman–Crippen LogP) is -0.584. The number of nitrogens with two attached hydrogens (primary N) is 1. The number of nitrogens with one attached hydrogen (secondary N) is 2. The van der Waals surface area contributed by atoms with E-state index in [4.69, 9.17) is 10.9 Å². The van der Waals surface area contributed by atoms with Crippen LogP contribution in [0.2, 0.25) is 0 Å². The summed E-state index contributed by atoms with van der Waals surface area (Å²) in [6, 6.07) is 2.59. The van der Waals surface area contributed by atoms with Gasteiger partial charge in [0.15, 0.2) is 0 Å². The third kappa shape index (κ3) is 4.64. The summed E-state index contributed by atoms with van der Waals surface area (Å²) in [5, 5.41) is 19.6. The molecule has 0 unspecified atom stereocenters. The second kappa shape index (κ2) is 7.05. The quantitative estimate of drug-likeness (QED) is 0.177. The molecule has 0 bridgehead atoms.